The SMILES string of the molecule is Cn1c(=O)n(C2CCC(=O)NC2=O)c2cccc(C#CCCCNC(=O)c3ccc(N)cc3)c21. The zero-order chi connectivity index (χ0) is 24.2. The fourth-order valence-corrected chi connectivity index (χ4v) is 4.04. The largest absolute Gasteiger partial charge is 0.399 e. The minimum atomic E-state index is -0.734. The van der Waals surface area contributed by atoms with Crippen molar-refractivity contribution in [2.75, 3.05) is 12.3 Å². The summed E-state index contributed by atoms with van der Waals surface area (Å²) in [4.78, 5) is 48.9. The Labute approximate surface area is 195 Å². The van der Waals surface area contributed by atoms with E-state index in [1.165, 1.54) is 9.13 Å². The van der Waals surface area contributed by atoms with E-state index in [2.05, 4.69) is 22.5 Å². The number of nitrogens with one attached hydrogen (secondary N) is 2. The molecule has 0 radical (unpaired) electrons. The Hall–Kier alpha value is -4.32. The molecule has 0 saturated carbocycles. The number of aromatic nitrogens is 2. The first kappa shape index (κ1) is 22.9. The predicted molar refractivity (Wildman–Crippen MR) is 128 cm³/mol. The van der Waals surface area contributed by atoms with Gasteiger partial charge in [0.05, 0.1) is 16.6 Å². The maximum Gasteiger partial charge on any atom is 0.329 e. The first-order chi connectivity index (χ1) is 16.4. The molecule has 1 atom stereocenters. The van der Waals surface area contributed by atoms with Crippen LogP contribution in [0, 0.1) is 11.8 Å². The number of nitrogens with zero attached hydrogens (tertiary/aromatic N) is 2. The molecule has 1 fully saturated rings. The average molecular weight is 460 g/mol. The maximum absolute atomic E-state index is 12.9. The van der Waals surface area contributed by atoms with Crippen molar-refractivity contribution in [1.29, 1.82) is 0 Å². The van der Waals surface area contributed by atoms with E-state index < -0.39 is 11.9 Å². The fourth-order valence-electron chi connectivity index (χ4n) is 4.04. The Bertz CT molecular complexity index is 1390. The van der Waals surface area contributed by atoms with Gasteiger partial charge in [-0.25, -0.2) is 4.79 Å². The average Bonchev–Trinajstić information content (AvgIpc) is 3.07. The normalized spacial score (nSPS) is 15.5. The summed E-state index contributed by atoms with van der Waals surface area (Å²) in [5, 5.41) is 5.16. The molecule has 174 valence electrons. The Morgan fingerprint density at radius 1 is 1.18 bits per heavy atom. The van der Waals surface area contributed by atoms with Crippen molar-refractivity contribution in [3.8, 4) is 11.8 Å². The molecule has 34 heavy (non-hydrogen) atoms. The number of nitrogens with two attached hydrogens (primary N) is 1. The number of carbonyl (C=O) groups excluding carboxylic acids is 3. The number of para-hydroxylation sites is 1. The highest BCUT2D eigenvalue weighted by Crippen LogP contribution is 2.24. The number of aryl methyl sites for hydroxylation is 1. The van der Waals surface area contributed by atoms with Crippen molar-refractivity contribution in [2.45, 2.75) is 31.7 Å². The summed E-state index contributed by atoms with van der Waals surface area (Å²) in [5.74, 6) is 5.25. The van der Waals surface area contributed by atoms with Gasteiger partial charge in [-0.2, -0.15) is 0 Å². The Balaban J connectivity index is 1.45. The summed E-state index contributed by atoms with van der Waals surface area (Å²) in [7, 11) is 1.64. The lowest BCUT2D eigenvalue weighted by Gasteiger charge is -2.21. The van der Waals surface area contributed by atoms with Crippen LogP contribution in [0.1, 0.15) is 47.6 Å². The summed E-state index contributed by atoms with van der Waals surface area (Å²) in [5.41, 5.74) is 8.38. The van der Waals surface area contributed by atoms with Gasteiger partial charge in [-0.05, 0) is 49.2 Å². The predicted octanol–water partition coefficient (Wildman–Crippen LogP) is 1.46. The lowest BCUT2D eigenvalue weighted by Crippen LogP contribution is -2.44. The van der Waals surface area contributed by atoms with Crippen molar-refractivity contribution >= 4 is 34.4 Å². The maximum atomic E-state index is 12.9. The first-order valence-corrected chi connectivity index (χ1v) is 11.0. The summed E-state index contributed by atoms with van der Waals surface area (Å²) in [6, 6.07) is 11.4. The minimum Gasteiger partial charge on any atom is -0.399 e. The van der Waals surface area contributed by atoms with Gasteiger partial charge >= 0.3 is 5.69 Å². The highest BCUT2D eigenvalue weighted by atomic mass is 16.2. The number of piperidine rings is 1. The quantitative estimate of drug-likeness (QED) is 0.230. The standard InChI is InChI=1S/C25H25N5O4/c1-29-22-16(6-3-2-4-15-27-23(32)17-9-11-18(26)12-10-17)7-5-8-19(22)30(25(29)34)20-13-14-21(31)28-24(20)33/h5,7-12,20H,2,4,13-15,26H2,1H3,(H,27,32)(H,28,31,33). The van der Waals surface area contributed by atoms with Crippen LogP contribution in [0.2, 0.25) is 0 Å². The molecule has 3 amide bonds. The van der Waals surface area contributed by atoms with Crippen LogP contribution >= 0.6 is 0 Å². The fraction of sp³-hybridized carbons (Fsp3) is 0.280. The summed E-state index contributed by atoms with van der Waals surface area (Å²) < 4.78 is 2.92. The monoisotopic (exact) mass is 459 g/mol. The number of imide groups is 1. The van der Waals surface area contributed by atoms with Gasteiger partial charge in [0.25, 0.3) is 5.91 Å². The van der Waals surface area contributed by atoms with Crippen molar-refractivity contribution in [3.63, 3.8) is 0 Å². The van der Waals surface area contributed by atoms with Gasteiger partial charge in [-0.15, -0.1) is 0 Å². The van der Waals surface area contributed by atoms with E-state index in [1.54, 1.807) is 43.4 Å². The molecule has 4 rings (SSSR count). The van der Waals surface area contributed by atoms with E-state index >= 15 is 0 Å². The summed E-state index contributed by atoms with van der Waals surface area (Å²) >= 11 is 0. The molecule has 2 aromatic carbocycles. The third-order valence-electron chi connectivity index (χ3n) is 5.78. The molecule has 1 aromatic heterocycles. The Kier molecular flexibility index (Phi) is 6.50. The molecule has 2 heterocycles. The topological polar surface area (TPSA) is 128 Å². The summed E-state index contributed by atoms with van der Waals surface area (Å²) in [6.07, 6.45) is 1.69. The highest BCUT2D eigenvalue weighted by Gasteiger charge is 2.31. The molecule has 3 aromatic rings. The van der Waals surface area contributed by atoms with Gasteiger partial charge in [0.1, 0.15) is 6.04 Å². The lowest BCUT2D eigenvalue weighted by atomic mass is 10.1. The van der Waals surface area contributed by atoms with Gasteiger partial charge in [-0.3, -0.25) is 28.8 Å². The van der Waals surface area contributed by atoms with Gasteiger partial charge < -0.3 is 11.1 Å². The summed E-state index contributed by atoms with van der Waals surface area (Å²) in [6.45, 7) is 0.479. The number of nitrogen functional groups attached to an aromatic ring is 1. The van der Waals surface area contributed by atoms with E-state index in [1.807, 2.05) is 6.07 Å². The molecule has 1 aliphatic heterocycles. The van der Waals surface area contributed by atoms with Crippen molar-refractivity contribution in [2.24, 2.45) is 7.05 Å². The highest BCUT2D eigenvalue weighted by molar-refractivity contribution is 6.00. The number of unbranched alkanes of at least 4 members (excludes halogenated alkanes) is 1. The molecule has 0 aliphatic carbocycles. The number of amides is 3. The second kappa shape index (κ2) is 9.67. The molecule has 1 aliphatic rings. The first-order valence-electron chi connectivity index (χ1n) is 11.0. The zero-order valence-corrected chi connectivity index (χ0v) is 18.8. The van der Waals surface area contributed by atoms with Crippen LogP contribution in [0.15, 0.2) is 47.3 Å². The molecular weight excluding hydrogens is 434 g/mol. The van der Waals surface area contributed by atoms with E-state index in [4.69, 9.17) is 5.73 Å². The molecule has 1 unspecified atom stereocenters. The minimum absolute atomic E-state index is 0.164. The van der Waals surface area contributed by atoms with E-state index in [0.717, 1.165) is 0 Å². The van der Waals surface area contributed by atoms with Gasteiger partial charge in [0.15, 0.2) is 0 Å². The van der Waals surface area contributed by atoms with Gasteiger partial charge in [-0.1, -0.05) is 17.9 Å². The third-order valence-corrected chi connectivity index (χ3v) is 5.78. The van der Waals surface area contributed by atoms with E-state index in [0.29, 0.717) is 47.2 Å². The van der Waals surface area contributed by atoms with Crippen molar-refractivity contribution < 1.29 is 14.4 Å². The Morgan fingerprint density at radius 3 is 2.68 bits per heavy atom. The lowest BCUT2D eigenvalue weighted by molar-refractivity contribution is -0.135. The second-order valence-electron chi connectivity index (χ2n) is 8.14. The van der Waals surface area contributed by atoms with Crippen LogP contribution in [0.25, 0.3) is 11.0 Å². The van der Waals surface area contributed by atoms with Crippen LogP contribution < -0.4 is 22.1 Å². The molecule has 1 saturated heterocycles. The number of hydrogen-bond acceptors (Lipinski definition) is 5. The van der Waals surface area contributed by atoms with Crippen LogP contribution in [0.3, 0.4) is 0 Å². The van der Waals surface area contributed by atoms with Crippen LogP contribution in [0.4, 0.5) is 5.69 Å². The van der Waals surface area contributed by atoms with E-state index in [-0.39, 0.29) is 30.3 Å². The van der Waals surface area contributed by atoms with Crippen LogP contribution in [-0.2, 0) is 16.6 Å². The molecule has 9 nitrogen and oxygen atoms in total. The van der Waals surface area contributed by atoms with Crippen LogP contribution in [0.5, 0.6) is 0 Å². The van der Waals surface area contributed by atoms with E-state index in [9.17, 15) is 19.2 Å². The number of benzene rings is 2. The number of hydrogen-bond donors (Lipinski definition) is 3. The molecular formula is C25H25N5O4. The molecule has 9 heteroatoms. The van der Waals surface area contributed by atoms with Crippen LogP contribution in [-0.4, -0.2) is 33.4 Å². The van der Waals surface area contributed by atoms with Gasteiger partial charge in [0.2, 0.25) is 11.8 Å². The number of carbonyl (C=O) groups is 3. The van der Waals surface area contributed by atoms with Crippen molar-refractivity contribution in [1.82, 2.24) is 19.8 Å². The molecule has 0 spiro atoms. The molecule has 4 N–H and O–H groups in total. The van der Waals surface area contributed by atoms with Gasteiger partial charge in [0, 0.05) is 37.7 Å². The van der Waals surface area contributed by atoms with Crippen molar-refractivity contribution in [3.05, 3.63) is 64.1 Å². The smallest absolute Gasteiger partial charge is 0.329 e. The zero-order valence-electron chi connectivity index (χ0n) is 18.8. The number of rotatable bonds is 5. The third kappa shape index (κ3) is 4.57. The second-order valence-corrected chi connectivity index (χ2v) is 8.14. The number of fused-ring (bicyclic) bond motifs is 1. The molecule has 0 bridgehead atoms. The number of anilines is 1. The Morgan fingerprint density at radius 2 is 1.94 bits per heavy atom. The number of imidazole rings is 1.